The van der Waals surface area contributed by atoms with Crippen LogP contribution in [0, 0.1) is 0 Å². The standard InChI is InChI=1S/C6H10N2.C2H6/c1-5(2)6(7)4-8-3;1-2/h4H,1,3,7H2,2H3;1-2H3/b6-4+;. The summed E-state index contributed by atoms with van der Waals surface area (Å²) in [6.07, 6.45) is 1.47. The fourth-order valence-electron chi connectivity index (χ4n) is 0.209. The molecule has 0 fully saturated rings. The van der Waals surface area contributed by atoms with Gasteiger partial charge in [0.1, 0.15) is 0 Å². The van der Waals surface area contributed by atoms with E-state index in [1.54, 1.807) is 0 Å². The number of hydrogen-bond donors (Lipinski definition) is 1. The first-order valence-corrected chi connectivity index (χ1v) is 3.26. The van der Waals surface area contributed by atoms with Crippen LogP contribution in [-0.2, 0) is 0 Å². The Balaban J connectivity index is 0. The van der Waals surface area contributed by atoms with Crippen LogP contribution in [0.25, 0.3) is 0 Å². The summed E-state index contributed by atoms with van der Waals surface area (Å²) in [5.41, 5.74) is 6.76. The van der Waals surface area contributed by atoms with E-state index in [2.05, 4.69) is 18.3 Å². The predicted molar refractivity (Wildman–Crippen MR) is 48.0 cm³/mol. The van der Waals surface area contributed by atoms with Crippen LogP contribution in [0.3, 0.4) is 0 Å². The van der Waals surface area contributed by atoms with Gasteiger partial charge >= 0.3 is 0 Å². The Labute approximate surface area is 63.2 Å². The van der Waals surface area contributed by atoms with Crippen molar-refractivity contribution < 1.29 is 0 Å². The SMILES string of the molecule is C=N/C=C(/N)C(=C)C.CC. The molecule has 0 aromatic heterocycles. The first-order valence-electron chi connectivity index (χ1n) is 3.26. The van der Waals surface area contributed by atoms with E-state index in [0.717, 1.165) is 5.57 Å². The van der Waals surface area contributed by atoms with Gasteiger partial charge < -0.3 is 5.73 Å². The summed E-state index contributed by atoms with van der Waals surface area (Å²) in [7, 11) is 0. The van der Waals surface area contributed by atoms with Gasteiger partial charge in [0.2, 0.25) is 0 Å². The summed E-state index contributed by atoms with van der Waals surface area (Å²) in [5.74, 6) is 0. The van der Waals surface area contributed by atoms with E-state index in [9.17, 15) is 0 Å². The molecule has 0 aliphatic carbocycles. The Morgan fingerprint density at radius 3 is 2.00 bits per heavy atom. The molecule has 2 heteroatoms. The average molecular weight is 140 g/mol. The molecule has 0 saturated heterocycles. The molecule has 0 rings (SSSR count). The number of rotatable bonds is 2. The molecule has 0 aromatic carbocycles. The monoisotopic (exact) mass is 140 g/mol. The maximum absolute atomic E-state index is 5.35. The Morgan fingerprint density at radius 1 is 1.50 bits per heavy atom. The van der Waals surface area contributed by atoms with Crippen molar-refractivity contribution in [1.82, 2.24) is 0 Å². The molecule has 2 N–H and O–H groups in total. The van der Waals surface area contributed by atoms with Crippen molar-refractivity contribution in [2.75, 3.05) is 0 Å². The summed E-state index contributed by atoms with van der Waals surface area (Å²) >= 11 is 0. The summed E-state index contributed by atoms with van der Waals surface area (Å²) in [4.78, 5) is 3.46. The van der Waals surface area contributed by atoms with Gasteiger partial charge in [0.25, 0.3) is 0 Å². The van der Waals surface area contributed by atoms with Crippen molar-refractivity contribution >= 4 is 6.72 Å². The molecule has 0 radical (unpaired) electrons. The highest BCUT2D eigenvalue weighted by Gasteiger charge is 1.84. The van der Waals surface area contributed by atoms with Crippen molar-refractivity contribution in [3.05, 3.63) is 24.0 Å². The predicted octanol–water partition coefficient (Wildman–Crippen LogP) is 2.09. The molecule has 0 heterocycles. The van der Waals surface area contributed by atoms with Crippen LogP contribution >= 0.6 is 0 Å². The van der Waals surface area contributed by atoms with Gasteiger partial charge in [-0.2, -0.15) is 0 Å². The first-order chi connectivity index (χ1) is 4.68. The van der Waals surface area contributed by atoms with Crippen LogP contribution < -0.4 is 5.73 Å². The fraction of sp³-hybridized carbons (Fsp3) is 0.375. The van der Waals surface area contributed by atoms with Crippen molar-refractivity contribution in [2.45, 2.75) is 20.8 Å². The van der Waals surface area contributed by atoms with Crippen LogP contribution in [-0.4, -0.2) is 6.72 Å². The minimum absolute atomic E-state index is 0.583. The third kappa shape index (κ3) is 6.95. The van der Waals surface area contributed by atoms with E-state index < -0.39 is 0 Å². The summed E-state index contributed by atoms with van der Waals surface area (Å²) in [5, 5.41) is 0. The minimum Gasteiger partial charge on any atom is -0.397 e. The molecule has 0 aliphatic rings. The van der Waals surface area contributed by atoms with Crippen LogP contribution in [0.5, 0.6) is 0 Å². The van der Waals surface area contributed by atoms with Crippen LogP contribution in [0.15, 0.2) is 29.0 Å². The number of nitrogens with two attached hydrogens (primary N) is 1. The van der Waals surface area contributed by atoms with Crippen molar-refractivity contribution in [1.29, 1.82) is 0 Å². The van der Waals surface area contributed by atoms with Gasteiger partial charge in [-0.1, -0.05) is 20.4 Å². The Morgan fingerprint density at radius 2 is 1.90 bits per heavy atom. The highest BCUT2D eigenvalue weighted by molar-refractivity contribution is 5.30. The Kier molecular flexibility index (Phi) is 9.31. The fourth-order valence-corrected chi connectivity index (χ4v) is 0.209. The molecule has 0 atom stereocenters. The van der Waals surface area contributed by atoms with Crippen LogP contribution in [0.2, 0.25) is 0 Å². The lowest BCUT2D eigenvalue weighted by Gasteiger charge is -1.92. The highest BCUT2D eigenvalue weighted by Crippen LogP contribution is 1.96. The first kappa shape index (κ1) is 11.7. The smallest absolute Gasteiger partial charge is 0.0523 e. The lowest BCUT2D eigenvalue weighted by Crippen LogP contribution is -1.95. The second-order valence-electron chi connectivity index (χ2n) is 1.55. The normalized spacial score (nSPS) is 9.30. The van der Waals surface area contributed by atoms with Crippen LogP contribution in [0.1, 0.15) is 20.8 Å². The van der Waals surface area contributed by atoms with E-state index >= 15 is 0 Å². The second kappa shape index (κ2) is 7.95. The molecule has 2 nitrogen and oxygen atoms in total. The highest BCUT2D eigenvalue weighted by atomic mass is 14.7. The number of nitrogens with zero attached hydrogens (tertiary/aromatic N) is 1. The van der Waals surface area contributed by atoms with E-state index in [-0.39, 0.29) is 0 Å². The Hall–Kier alpha value is -1.05. The van der Waals surface area contributed by atoms with Crippen molar-refractivity contribution in [2.24, 2.45) is 10.7 Å². The molecule has 10 heavy (non-hydrogen) atoms. The lowest BCUT2D eigenvalue weighted by molar-refractivity contribution is 1.27. The van der Waals surface area contributed by atoms with Gasteiger partial charge in [-0.05, 0) is 19.2 Å². The molecule has 0 unspecified atom stereocenters. The summed E-state index contributed by atoms with van der Waals surface area (Å²) in [6.45, 7) is 12.6. The molecule has 0 bridgehead atoms. The molecule has 58 valence electrons. The molecule has 0 spiro atoms. The molecular weight excluding hydrogens is 124 g/mol. The zero-order chi connectivity index (χ0) is 8.57. The van der Waals surface area contributed by atoms with Crippen LogP contribution in [0.4, 0.5) is 0 Å². The zero-order valence-electron chi connectivity index (χ0n) is 7.02. The van der Waals surface area contributed by atoms with Gasteiger partial charge in [-0.25, -0.2) is 0 Å². The molecule has 0 amide bonds. The third-order valence-corrected chi connectivity index (χ3v) is 0.723. The molecule has 0 aliphatic heterocycles. The third-order valence-electron chi connectivity index (χ3n) is 0.723. The van der Waals surface area contributed by atoms with Gasteiger partial charge in [0.15, 0.2) is 0 Å². The van der Waals surface area contributed by atoms with Gasteiger partial charge in [0.05, 0.1) is 5.70 Å². The minimum atomic E-state index is 0.583. The van der Waals surface area contributed by atoms with E-state index in [0.29, 0.717) is 5.70 Å². The lowest BCUT2D eigenvalue weighted by atomic mass is 10.3. The number of aliphatic imine (C=N–C) groups is 1. The van der Waals surface area contributed by atoms with Crippen molar-refractivity contribution in [3.63, 3.8) is 0 Å². The number of allylic oxidation sites excluding steroid dienone is 1. The molecule has 0 aromatic rings. The average Bonchev–Trinajstić information content (AvgIpc) is 1.93. The second-order valence-corrected chi connectivity index (χ2v) is 1.55. The zero-order valence-corrected chi connectivity index (χ0v) is 7.02. The topological polar surface area (TPSA) is 38.4 Å². The van der Waals surface area contributed by atoms with Gasteiger partial charge in [-0.3, -0.25) is 4.99 Å². The van der Waals surface area contributed by atoms with E-state index in [1.165, 1.54) is 6.20 Å². The maximum atomic E-state index is 5.35. The summed E-state index contributed by atoms with van der Waals surface area (Å²) in [6, 6.07) is 0. The van der Waals surface area contributed by atoms with E-state index in [4.69, 9.17) is 5.73 Å². The maximum Gasteiger partial charge on any atom is 0.0523 e. The van der Waals surface area contributed by atoms with Gasteiger partial charge in [0, 0.05) is 6.20 Å². The van der Waals surface area contributed by atoms with Crippen molar-refractivity contribution in [3.8, 4) is 0 Å². The molecular formula is C8H16N2. The quantitative estimate of drug-likeness (QED) is 0.463. The molecule has 0 saturated carbocycles. The van der Waals surface area contributed by atoms with E-state index in [1.807, 2.05) is 20.8 Å². The number of hydrogen-bond acceptors (Lipinski definition) is 2. The summed E-state index contributed by atoms with van der Waals surface area (Å²) < 4.78 is 0. The largest absolute Gasteiger partial charge is 0.397 e. The Bertz CT molecular complexity index is 134. The van der Waals surface area contributed by atoms with Gasteiger partial charge in [-0.15, -0.1) is 0 Å².